The molecule has 5 heteroatoms. The molecular formula is C12H22N2O3. The summed E-state index contributed by atoms with van der Waals surface area (Å²) >= 11 is 0. The first kappa shape index (κ1) is 12.8. The highest BCUT2D eigenvalue weighted by atomic mass is 16.5. The van der Waals surface area contributed by atoms with Gasteiger partial charge in [0.2, 0.25) is 0 Å². The van der Waals surface area contributed by atoms with Gasteiger partial charge in [0, 0.05) is 39.9 Å². The molecule has 98 valence electrons. The first-order chi connectivity index (χ1) is 8.24. The lowest BCUT2D eigenvalue weighted by atomic mass is 10.0. The fraction of sp³-hybridized carbons (Fsp3) is 0.917. The van der Waals surface area contributed by atoms with Crippen LogP contribution in [0.4, 0.5) is 0 Å². The summed E-state index contributed by atoms with van der Waals surface area (Å²) in [6.07, 6.45) is 2.45. The fourth-order valence-electron chi connectivity index (χ4n) is 2.34. The van der Waals surface area contributed by atoms with Crippen LogP contribution in [-0.4, -0.2) is 56.5 Å². The van der Waals surface area contributed by atoms with E-state index in [1.165, 1.54) is 19.8 Å². The maximum atomic E-state index is 10.7. The molecule has 2 rings (SSSR count). The minimum absolute atomic E-state index is 0.109. The third-order valence-corrected chi connectivity index (χ3v) is 3.37. The topological polar surface area (TPSA) is 50.8 Å². The summed E-state index contributed by atoms with van der Waals surface area (Å²) in [5.74, 6) is 0.583. The van der Waals surface area contributed by atoms with Gasteiger partial charge in [-0.1, -0.05) is 0 Å². The SMILES string of the molecule is CC(=O)OC1CN(CNCC2CCOCC2)C1. The number of nitrogens with zero attached hydrogens (tertiary/aromatic N) is 1. The highest BCUT2D eigenvalue weighted by Gasteiger charge is 2.28. The second-order valence-electron chi connectivity index (χ2n) is 4.94. The predicted octanol–water partition coefficient (Wildman–Crippen LogP) is 0.207. The lowest BCUT2D eigenvalue weighted by Gasteiger charge is -2.38. The number of rotatable bonds is 5. The third kappa shape index (κ3) is 4.26. The van der Waals surface area contributed by atoms with Gasteiger partial charge in [-0.2, -0.15) is 0 Å². The van der Waals surface area contributed by atoms with Gasteiger partial charge in [0.25, 0.3) is 0 Å². The largest absolute Gasteiger partial charge is 0.460 e. The zero-order valence-corrected chi connectivity index (χ0v) is 10.5. The molecule has 0 unspecified atom stereocenters. The number of hydrogen-bond acceptors (Lipinski definition) is 5. The second-order valence-corrected chi connectivity index (χ2v) is 4.94. The Labute approximate surface area is 102 Å². The van der Waals surface area contributed by atoms with Crippen molar-refractivity contribution in [3.8, 4) is 0 Å². The Morgan fingerprint density at radius 2 is 2.12 bits per heavy atom. The van der Waals surface area contributed by atoms with Crippen LogP contribution in [0.2, 0.25) is 0 Å². The third-order valence-electron chi connectivity index (χ3n) is 3.37. The maximum Gasteiger partial charge on any atom is 0.302 e. The maximum absolute atomic E-state index is 10.7. The Morgan fingerprint density at radius 1 is 1.41 bits per heavy atom. The fourth-order valence-corrected chi connectivity index (χ4v) is 2.34. The normalized spacial score (nSPS) is 23.4. The van der Waals surface area contributed by atoms with Gasteiger partial charge in [-0.3, -0.25) is 9.69 Å². The van der Waals surface area contributed by atoms with Crippen LogP contribution in [0.25, 0.3) is 0 Å². The molecule has 2 heterocycles. The van der Waals surface area contributed by atoms with E-state index in [1.54, 1.807) is 0 Å². The summed E-state index contributed by atoms with van der Waals surface area (Å²) in [5.41, 5.74) is 0. The van der Waals surface area contributed by atoms with E-state index in [1.807, 2.05) is 0 Å². The number of hydrogen-bond donors (Lipinski definition) is 1. The lowest BCUT2D eigenvalue weighted by molar-refractivity contribution is -0.154. The number of carbonyl (C=O) groups is 1. The number of likely N-dealkylation sites (tertiary alicyclic amines) is 1. The Kier molecular flexibility index (Phi) is 4.76. The number of esters is 1. The van der Waals surface area contributed by atoms with Gasteiger partial charge in [-0.15, -0.1) is 0 Å². The van der Waals surface area contributed by atoms with Crippen molar-refractivity contribution in [3.05, 3.63) is 0 Å². The van der Waals surface area contributed by atoms with Crippen molar-refractivity contribution in [3.63, 3.8) is 0 Å². The molecule has 2 aliphatic heterocycles. The van der Waals surface area contributed by atoms with Crippen molar-refractivity contribution in [2.24, 2.45) is 5.92 Å². The molecule has 0 aromatic carbocycles. The first-order valence-corrected chi connectivity index (χ1v) is 6.42. The van der Waals surface area contributed by atoms with E-state index in [0.29, 0.717) is 0 Å². The van der Waals surface area contributed by atoms with E-state index in [-0.39, 0.29) is 12.1 Å². The zero-order chi connectivity index (χ0) is 12.1. The summed E-state index contributed by atoms with van der Waals surface area (Å²) in [6, 6.07) is 0. The van der Waals surface area contributed by atoms with E-state index in [0.717, 1.165) is 45.4 Å². The van der Waals surface area contributed by atoms with Crippen molar-refractivity contribution < 1.29 is 14.3 Å². The molecule has 0 atom stereocenters. The quantitative estimate of drug-likeness (QED) is 0.698. The summed E-state index contributed by atoms with van der Waals surface area (Å²) in [7, 11) is 0. The van der Waals surface area contributed by atoms with Gasteiger partial charge in [0.05, 0.1) is 0 Å². The smallest absolute Gasteiger partial charge is 0.302 e. The van der Waals surface area contributed by atoms with Crippen LogP contribution in [-0.2, 0) is 14.3 Å². The molecule has 0 aromatic rings. The van der Waals surface area contributed by atoms with Gasteiger partial charge in [0.1, 0.15) is 6.10 Å². The number of nitrogens with one attached hydrogen (secondary N) is 1. The van der Waals surface area contributed by atoms with Crippen LogP contribution in [0, 0.1) is 5.92 Å². The number of ether oxygens (including phenoxy) is 2. The Morgan fingerprint density at radius 3 is 2.76 bits per heavy atom. The van der Waals surface area contributed by atoms with E-state index in [9.17, 15) is 4.79 Å². The van der Waals surface area contributed by atoms with Crippen LogP contribution in [0.1, 0.15) is 19.8 Å². The summed E-state index contributed by atoms with van der Waals surface area (Å²) < 4.78 is 10.4. The van der Waals surface area contributed by atoms with Crippen molar-refractivity contribution >= 4 is 5.97 Å². The first-order valence-electron chi connectivity index (χ1n) is 6.42. The molecule has 5 nitrogen and oxygen atoms in total. The predicted molar refractivity (Wildman–Crippen MR) is 63.5 cm³/mol. The molecular weight excluding hydrogens is 220 g/mol. The molecule has 0 saturated carbocycles. The summed E-state index contributed by atoms with van der Waals surface area (Å²) in [5, 5.41) is 3.46. The molecule has 2 saturated heterocycles. The van der Waals surface area contributed by atoms with Gasteiger partial charge < -0.3 is 14.8 Å². The van der Waals surface area contributed by atoms with Crippen LogP contribution in [0.15, 0.2) is 0 Å². The standard InChI is InChI=1S/C12H22N2O3/c1-10(15)17-12-7-14(8-12)9-13-6-11-2-4-16-5-3-11/h11-13H,2-9H2,1H3. The van der Waals surface area contributed by atoms with Crippen LogP contribution >= 0.6 is 0 Å². The highest BCUT2D eigenvalue weighted by Crippen LogP contribution is 2.14. The Bertz CT molecular complexity index is 248. The highest BCUT2D eigenvalue weighted by molar-refractivity contribution is 5.66. The molecule has 0 spiro atoms. The van der Waals surface area contributed by atoms with Crippen molar-refractivity contribution in [1.29, 1.82) is 0 Å². The summed E-state index contributed by atoms with van der Waals surface area (Å²) in [4.78, 5) is 13.0. The lowest BCUT2D eigenvalue weighted by Crippen LogP contribution is -2.55. The molecule has 2 aliphatic rings. The Hall–Kier alpha value is -0.650. The second kappa shape index (κ2) is 6.33. The van der Waals surface area contributed by atoms with Crippen molar-refractivity contribution in [2.45, 2.75) is 25.9 Å². The molecule has 0 radical (unpaired) electrons. The van der Waals surface area contributed by atoms with Crippen LogP contribution in [0.5, 0.6) is 0 Å². The van der Waals surface area contributed by atoms with E-state index in [4.69, 9.17) is 9.47 Å². The molecule has 0 aromatic heterocycles. The van der Waals surface area contributed by atoms with E-state index < -0.39 is 0 Å². The van der Waals surface area contributed by atoms with Gasteiger partial charge >= 0.3 is 5.97 Å². The molecule has 17 heavy (non-hydrogen) atoms. The van der Waals surface area contributed by atoms with E-state index in [2.05, 4.69) is 10.2 Å². The minimum Gasteiger partial charge on any atom is -0.460 e. The Balaban J connectivity index is 1.48. The van der Waals surface area contributed by atoms with Gasteiger partial charge in [-0.05, 0) is 25.3 Å². The number of carbonyl (C=O) groups excluding carboxylic acids is 1. The molecule has 0 amide bonds. The van der Waals surface area contributed by atoms with Crippen molar-refractivity contribution in [1.82, 2.24) is 10.2 Å². The van der Waals surface area contributed by atoms with Crippen LogP contribution in [0.3, 0.4) is 0 Å². The minimum atomic E-state index is -0.176. The zero-order valence-electron chi connectivity index (χ0n) is 10.5. The van der Waals surface area contributed by atoms with E-state index >= 15 is 0 Å². The van der Waals surface area contributed by atoms with Crippen molar-refractivity contribution in [2.75, 3.05) is 39.5 Å². The summed E-state index contributed by atoms with van der Waals surface area (Å²) in [6.45, 7) is 6.97. The average Bonchev–Trinajstić information content (AvgIpc) is 2.26. The van der Waals surface area contributed by atoms with Crippen LogP contribution < -0.4 is 5.32 Å². The molecule has 0 bridgehead atoms. The van der Waals surface area contributed by atoms with Gasteiger partial charge in [0.15, 0.2) is 0 Å². The molecule has 2 fully saturated rings. The van der Waals surface area contributed by atoms with Gasteiger partial charge in [-0.25, -0.2) is 0 Å². The molecule has 1 N–H and O–H groups in total. The molecule has 0 aliphatic carbocycles. The average molecular weight is 242 g/mol. The monoisotopic (exact) mass is 242 g/mol.